The van der Waals surface area contributed by atoms with Gasteiger partial charge >= 0.3 is 0 Å². The number of hydrogen-bond donors (Lipinski definition) is 0. The molecule has 7 heteroatoms. The van der Waals surface area contributed by atoms with E-state index in [9.17, 15) is 9.18 Å². The molecule has 1 amide bonds. The quantitative estimate of drug-likeness (QED) is 0.420. The number of para-hydroxylation sites is 1. The smallest absolute Gasteiger partial charge is 0.257 e. The van der Waals surface area contributed by atoms with Crippen molar-refractivity contribution in [3.05, 3.63) is 91.6 Å². The highest BCUT2D eigenvalue weighted by atomic mass is 127. The molecule has 0 fully saturated rings. The molecule has 2 aliphatic rings. The van der Waals surface area contributed by atoms with Crippen LogP contribution in [-0.2, 0) is 37.3 Å². The molecule has 5 rings (SSSR count). The Bertz CT molecular complexity index is 1200. The minimum Gasteiger partial charge on any atom is -0.487 e. The van der Waals surface area contributed by atoms with Gasteiger partial charge in [0.15, 0.2) is 0 Å². The molecule has 0 spiro atoms. The van der Waals surface area contributed by atoms with Gasteiger partial charge in [0.1, 0.15) is 18.2 Å². The van der Waals surface area contributed by atoms with Gasteiger partial charge in [-0.15, -0.1) is 0 Å². The van der Waals surface area contributed by atoms with Gasteiger partial charge in [0.05, 0.1) is 24.0 Å². The molecule has 3 heterocycles. The van der Waals surface area contributed by atoms with Crippen LogP contribution < -0.4 is 4.74 Å². The van der Waals surface area contributed by atoms with Crippen molar-refractivity contribution in [3.63, 3.8) is 0 Å². The molecule has 170 valence electrons. The summed E-state index contributed by atoms with van der Waals surface area (Å²) in [6.07, 6.45) is 1.46. The highest BCUT2D eigenvalue weighted by molar-refractivity contribution is 14.1. The fourth-order valence-electron chi connectivity index (χ4n) is 4.51. The summed E-state index contributed by atoms with van der Waals surface area (Å²) in [7, 11) is 0. The first-order valence-corrected chi connectivity index (χ1v) is 12.1. The Hall–Kier alpha value is -2.52. The molecular formula is C26H24FIN2O3. The fraction of sp³-hybridized carbons (Fsp3) is 0.308. The summed E-state index contributed by atoms with van der Waals surface area (Å²) in [6.45, 7) is 3.84. The maximum atomic E-state index is 14.4. The second kappa shape index (κ2) is 9.38. The third kappa shape index (κ3) is 4.61. The number of rotatable bonds is 4. The summed E-state index contributed by atoms with van der Waals surface area (Å²) in [4.78, 5) is 19.8. The number of aromatic nitrogens is 1. The summed E-state index contributed by atoms with van der Waals surface area (Å²) in [6, 6.07) is 14.3. The maximum absolute atomic E-state index is 14.4. The van der Waals surface area contributed by atoms with Crippen LogP contribution >= 0.6 is 22.6 Å². The van der Waals surface area contributed by atoms with Crippen molar-refractivity contribution in [2.75, 3.05) is 6.54 Å². The van der Waals surface area contributed by atoms with Gasteiger partial charge in [-0.3, -0.25) is 9.78 Å². The number of nitrogens with zero attached hydrogens (tertiary/aromatic N) is 2. The second-order valence-corrected chi connectivity index (χ2v) is 9.71. The Labute approximate surface area is 206 Å². The van der Waals surface area contributed by atoms with Gasteiger partial charge in [-0.1, -0.05) is 18.2 Å². The van der Waals surface area contributed by atoms with Gasteiger partial charge in [0.2, 0.25) is 0 Å². The minimum atomic E-state index is -0.489. The van der Waals surface area contributed by atoms with Gasteiger partial charge in [0, 0.05) is 35.2 Å². The Morgan fingerprint density at radius 3 is 2.85 bits per heavy atom. The van der Waals surface area contributed by atoms with Gasteiger partial charge in [0.25, 0.3) is 5.91 Å². The highest BCUT2D eigenvalue weighted by Crippen LogP contribution is 2.32. The lowest BCUT2D eigenvalue weighted by molar-refractivity contribution is 0.0384. The van der Waals surface area contributed by atoms with Gasteiger partial charge in [-0.2, -0.15) is 0 Å². The van der Waals surface area contributed by atoms with Crippen LogP contribution in [0.2, 0.25) is 0 Å². The van der Waals surface area contributed by atoms with E-state index in [0.29, 0.717) is 32.7 Å². The molecule has 0 saturated carbocycles. The van der Waals surface area contributed by atoms with Crippen molar-refractivity contribution < 1.29 is 18.7 Å². The van der Waals surface area contributed by atoms with Crippen molar-refractivity contribution in [2.45, 2.75) is 45.6 Å². The van der Waals surface area contributed by atoms with Crippen LogP contribution in [-0.4, -0.2) is 28.4 Å². The molecule has 2 aromatic carbocycles. The number of amides is 1. The predicted octanol–water partition coefficient (Wildman–Crippen LogP) is 5.06. The second-order valence-electron chi connectivity index (χ2n) is 8.47. The minimum absolute atomic E-state index is 0.0923. The number of hydrogen-bond acceptors (Lipinski definition) is 4. The molecule has 0 aliphatic carbocycles. The van der Waals surface area contributed by atoms with Gasteiger partial charge in [-0.25, -0.2) is 4.39 Å². The van der Waals surface area contributed by atoms with E-state index >= 15 is 0 Å². The molecule has 0 unspecified atom stereocenters. The van der Waals surface area contributed by atoms with E-state index < -0.39 is 5.82 Å². The number of fused-ring (bicyclic) bond motifs is 3. The maximum Gasteiger partial charge on any atom is 0.257 e. The molecule has 0 saturated heterocycles. The lowest BCUT2D eigenvalue weighted by atomic mass is 9.90. The summed E-state index contributed by atoms with van der Waals surface area (Å²) in [5.41, 5.74) is 5.32. The molecular weight excluding hydrogens is 534 g/mol. The van der Waals surface area contributed by atoms with Gasteiger partial charge < -0.3 is 14.4 Å². The van der Waals surface area contributed by atoms with Crippen LogP contribution in [0.1, 0.15) is 45.4 Å². The first-order chi connectivity index (χ1) is 16.0. The van der Waals surface area contributed by atoms with E-state index in [1.165, 1.54) is 6.07 Å². The Kier molecular flexibility index (Phi) is 6.34. The van der Waals surface area contributed by atoms with Gasteiger partial charge in [-0.05, 0) is 76.5 Å². The van der Waals surface area contributed by atoms with Crippen LogP contribution in [0.3, 0.4) is 0 Å². The van der Waals surface area contributed by atoms with E-state index in [2.05, 4.69) is 29.5 Å². The molecule has 33 heavy (non-hydrogen) atoms. The van der Waals surface area contributed by atoms with E-state index in [1.54, 1.807) is 17.0 Å². The average Bonchev–Trinajstić information content (AvgIpc) is 2.84. The zero-order chi connectivity index (χ0) is 22.9. The van der Waals surface area contributed by atoms with Crippen molar-refractivity contribution in [2.24, 2.45) is 0 Å². The first kappa shape index (κ1) is 22.3. The van der Waals surface area contributed by atoms with Crippen LogP contribution in [0, 0.1) is 9.39 Å². The molecule has 2 aliphatic heterocycles. The molecule has 0 bridgehead atoms. The van der Waals surface area contributed by atoms with Crippen molar-refractivity contribution in [3.8, 4) is 5.75 Å². The summed E-state index contributed by atoms with van der Waals surface area (Å²) in [5, 5.41) is 0. The number of carbonyl (C=O) groups excluding carboxylic acids is 1. The first-order valence-electron chi connectivity index (χ1n) is 11.1. The lowest BCUT2D eigenvalue weighted by Gasteiger charge is -2.34. The van der Waals surface area contributed by atoms with Crippen LogP contribution in [0.15, 0.2) is 48.5 Å². The summed E-state index contributed by atoms with van der Waals surface area (Å²) < 4.78 is 27.2. The monoisotopic (exact) mass is 558 g/mol. The number of carbonyl (C=O) groups is 1. The van der Waals surface area contributed by atoms with E-state index in [4.69, 9.17) is 14.5 Å². The number of halogens is 2. The Balaban J connectivity index is 1.45. The zero-order valence-corrected chi connectivity index (χ0v) is 20.5. The highest BCUT2D eigenvalue weighted by Gasteiger charge is 2.31. The van der Waals surface area contributed by atoms with Crippen LogP contribution in [0.4, 0.5) is 4.39 Å². The largest absolute Gasteiger partial charge is 0.487 e. The summed E-state index contributed by atoms with van der Waals surface area (Å²) >= 11 is 2.10. The number of benzene rings is 2. The molecule has 5 nitrogen and oxygen atoms in total. The number of ether oxygens (including phenoxy) is 2. The third-order valence-electron chi connectivity index (χ3n) is 6.23. The molecule has 3 aromatic rings. The SMILES string of the molecule is C[C@H]1Cc2c(COc3ccccc3)nc3c(c2CO1)CN(C(=O)c1cc(I)ccc1F)CC3. The standard InChI is InChI=1S/C26H24FIN2O3/c1-16-11-19-22(14-32-16)21-13-30(26(31)20-12-17(28)7-8-23(20)27)10-9-24(21)29-25(19)15-33-18-5-3-2-4-6-18/h2-8,12,16H,9-11,13-15H2,1H3/t16-/m0/s1. The normalized spacial score (nSPS) is 17.3. The zero-order valence-electron chi connectivity index (χ0n) is 18.3. The topological polar surface area (TPSA) is 51.7 Å². The average molecular weight is 558 g/mol. The fourth-order valence-corrected chi connectivity index (χ4v) is 5.00. The lowest BCUT2D eigenvalue weighted by Crippen LogP contribution is -2.38. The molecule has 0 N–H and O–H groups in total. The summed E-state index contributed by atoms with van der Waals surface area (Å²) in [5.74, 6) is 0.0334. The molecule has 1 aromatic heterocycles. The van der Waals surface area contributed by atoms with E-state index in [-0.39, 0.29) is 17.6 Å². The Morgan fingerprint density at radius 1 is 1.21 bits per heavy atom. The third-order valence-corrected chi connectivity index (χ3v) is 6.90. The molecule has 1 atom stereocenters. The van der Waals surface area contributed by atoms with Crippen LogP contribution in [0.5, 0.6) is 5.75 Å². The van der Waals surface area contributed by atoms with Crippen LogP contribution in [0.25, 0.3) is 0 Å². The van der Waals surface area contributed by atoms with Crippen molar-refractivity contribution >= 4 is 28.5 Å². The predicted molar refractivity (Wildman–Crippen MR) is 131 cm³/mol. The van der Waals surface area contributed by atoms with Crippen molar-refractivity contribution in [1.29, 1.82) is 0 Å². The molecule has 0 radical (unpaired) electrons. The van der Waals surface area contributed by atoms with E-state index in [1.807, 2.05) is 30.3 Å². The Morgan fingerprint density at radius 2 is 2.03 bits per heavy atom. The van der Waals surface area contributed by atoms with Crippen molar-refractivity contribution in [1.82, 2.24) is 9.88 Å². The van der Waals surface area contributed by atoms with E-state index in [0.717, 1.165) is 43.8 Å². The number of pyridine rings is 1.